The van der Waals surface area contributed by atoms with Crippen LogP contribution in [-0.2, 0) is 11.2 Å². The van der Waals surface area contributed by atoms with E-state index in [1.54, 1.807) is 0 Å². The van der Waals surface area contributed by atoms with Crippen LogP contribution in [-0.4, -0.2) is 18.0 Å². The summed E-state index contributed by atoms with van der Waals surface area (Å²) in [5.41, 5.74) is 9.65. The van der Waals surface area contributed by atoms with E-state index in [1.165, 1.54) is 30.4 Å². The molecule has 2 atom stereocenters. The van der Waals surface area contributed by atoms with Crippen molar-refractivity contribution in [2.75, 3.05) is 0 Å². The molecular weight excluding hydrogens is 248 g/mol. The predicted octanol–water partition coefficient (Wildman–Crippen LogP) is 2.62. The molecule has 0 heterocycles. The number of hydrogen-bond donors (Lipinski definition) is 2. The topological polar surface area (TPSA) is 55.1 Å². The summed E-state index contributed by atoms with van der Waals surface area (Å²) in [7, 11) is 0. The van der Waals surface area contributed by atoms with Crippen molar-refractivity contribution in [2.24, 2.45) is 5.73 Å². The van der Waals surface area contributed by atoms with Gasteiger partial charge in [-0.3, -0.25) is 4.79 Å². The second kappa shape index (κ2) is 6.89. The summed E-state index contributed by atoms with van der Waals surface area (Å²) >= 11 is 0. The average Bonchev–Trinajstić information content (AvgIpc) is 2.59. The zero-order valence-electron chi connectivity index (χ0n) is 12.6. The summed E-state index contributed by atoms with van der Waals surface area (Å²) in [5, 5.41) is 3.14. The molecule has 0 bridgehead atoms. The largest absolute Gasteiger partial charge is 0.352 e. The van der Waals surface area contributed by atoms with Crippen molar-refractivity contribution in [3.05, 3.63) is 34.9 Å². The minimum atomic E-state index is 0.0982. The van der Waals surface area contributed by atoms with E-state index in [-0.39, 0.29) is 18.0 Å². The quantitative estimate of drug-likeness (QED) is 0.833. The van der Waals surface area contributed by atoms with E-state index in [0.717, 1.165) is 18.4 Å². The molecule has 2 rings (SSSR count). The first-order valence-electron chi connectivity index (χ1n) is 7.67. The second-order valence-corrected chi connectivity index (χ2v) is 6.08. The second-order valence-electron chi connectivity index (χ2n) is 6.08. The van der Waals surface area contributed by atoms with Crippen LogP contribution in [0.3, 0.4) is 0 Å². The Hall–Kier alpha value is -1.35. The summed E-state index contributed by atoms with van der Waals surface area (Å²) in [6, 6.07) is 6.52. The maximum Gasteiger partial charge on any atom is 0.224 e. The zero-order valence-corrected chi connectivity index (χ0v) is 12.6. The van der Waals surface area contributed by atoms with E-state index in [0.29, 0.717) is 6.42 Å². The van der Waals surface area contributed by atoms with E-state index in [1.807, 2.05) is 0 Å². The molecule has 2 unspecified atom stereocenters. The van der Waals surface area contributed by atoms with Gasteiger partial charge in [-0.15, -0.1) is 0 Å². The van der Waals surface area contributed by atoms with E-state index >= 15 is 0 Å². The molecule has 1 aliphatic rings. The number of aryl methyl sites for hydroxylation is 2. The Morgan fingerprint density at radius 3 is 2.80 bits per heavy atom. The van der Waals surface area contributed by atoms with Crippen LogP contribution in [0.25, 0.3) is 0 Å². The highest BCUT2D eigenvalue weighted by Crippen LogP contribution is 2.17. The smallest absolute Gasteiger partial charge is 0.224 e. The van der Waals surface area contributed by atoms with Gasteiger partial charge >= 0.3 is 0 Å². The zero-order chi connectivity index (χ0) is 14.5. The van der Waals surface area contributed by atoms with Crippen molar-refractivity contribution in [1.82, 2.24) is 5.32 Å². The Bertz CT molecular complexity index is 470. The van der Waals surface area contributed by atoms with Crippen LogP contribution in [0.4, 0.5) is 0 Å². The average molecular weight is 274 g/mol. The molecule has 0 aliphatic heterocycles. The van der Waals surface area contributed by atoms with Gasteiger partial charge in [0.25, 0.3) is 0 Å². The maximum absolute atomic E-state index is 12.2. The lowest BCUT2D eigenvalue weighted by atomic mass is 10.0. The Kier molecular flexibility index (Phi) is 5.18. The lowest BCUT2D eigenvalue weighted by Gasteiger charge is -2.23. The molecule has 3 heteroatoms. The monoisotopic (exact) mass is 274 g/mol. The molecule has 110 valence electrons. The number of benzene rings is 1. The van der Waals surface area contributed by atoms with Gasteiger partial charge < -0.3 is 11.1 Å². The molecule has 1 fully saturated rings. The summed E-state index contributed by atoms with van der Waals surface area (Å²) in [6.07, 6.45) is 6.08. The molecule has 3 nitrogen and oxygen atoms in total. The van der Waals surface area contributed by atoms with Gasteiger partial charge in [0.15, 0.2) is 0 Å². The SMILES string of the molecule is Cc1ccc(C)c(CC(=O)NC2CCCCCC2N)c1. The molecule has 1 amide bonds. The van der Waals surface area contributed by atoms with Gasteiger partial charge in [-0.05, 0) is 37.8 Å². The highest BCUT2D eigenvalue weighted by Gasteiger charge is 2.22. The highest BCUT2D eigenvalue weighted by atomic mass is 16.1. The van der Waals surface area contributed by atoms with Crippen LogP contribution in [0, 0.1) is 13.8 Å². The van der Waals surface area contributed by atoms with Gasteiger partial charge in [-0.2, -0.15) is 0 Å². The first-order chi connectivity index (χ1) is 9.56. The Morgan fingerprint density at radius 1 is 1.25 bits per heavy atom. The van der Waals surface area contributed by atoms with Gasteiger partial charge in [-0.1, -0.05) is 43.0 Å². The van der Waals surface area contributed by atoms with Gasteiger partial charge in [0.1, 0.15) is 0 Å². The minimum Gasteiger partial charge on any atom is -0.352 e. The summed E-state index contributed by atoms with van der Waals surface area (Å²) in [6.45, 7) is 4.11. The third-order valence-electron chi connectivity index (χ3n) is 4.27. The molecule has 0 radical (unpaired) electrons. The fraction of sp³-hybridized carbons (Fsp3) is 0.588. The van der Waals surface area contributed by atoms with Crippen molar-refractivity contribution < 1.29 is 4.79 Å². The molecular formula is C17H26N2O. The van der Waals surface area contributed by atoms with Crippen molar-refractivity contribution in [3.8, 4) is 0 Å². The third kappa shape index (κ3) is 4.07. The summed E-state index contributed by atoms with van der Waals surface area (Å²) < 4.78 is 0. The molecule has 1 aromatic rings. The van der Waals surface area contributed by atoms with Crippen LogP contribution in [0.5, 0.6) is 0 Å². The van der Waals surface area contributed by atoms with Crippen molar-refractivity contribution in [1.29, 1.82) is 0 Å². The number of nitrogens with one attached hydrogen (secondary N) is 1. The lowest BCUT2D eigenvalue weighted by molar-refractivity contribution is -0.121. The van der Waals surface area contributed by atoms with Crippen molar-refractivity contribution in [3.63, 3.8) is 0 Å². The molecule has 1 aromatic carbocycles. The number of carbonyl (C=O) groups excluding carboxylic acids is 1. The van der Waals surface area contributed by atoms with Crippen LogP contribution in [0.1, 0.15) is 48.8 Å². The molecule has 3 N–H and O–H groups in total. The fourth-order valence-corrected chi connectivity index (χ4v) is 2.94. The molecule has 0 aromatic heterocycles. The van der Waals surface area contributed by atoms with Crippen LogP contribution < -0.4 is 11.1 Å². The number of rotatable bonds is 3. The fourth-order valence-electron chi connectivity index (χ4n) is 2.94. The molecule has 1 aliphatic carbocycles. The first kappa shape index (κ1) is 15.0. The van der Waals surface area contributed by atoms with E-state index in [4.69, 9.17) is 5.73 Å². The molecule has 20 heavy (non-hydrogen) atoms. The van der Waals surface area contributed by atoms with E-state index in [9.17, 15) is 4.79 Å². The standard InChI is InChI=1S/C17H26N2O/c1-12-8-9-13(2)14(10-12)11-17(20)19-16-7-5-3-4-6-15(16)18/h8-10,15-16H,3-7,11,18H2,1-2H3,(H,19,20). The Morgan fingerprint density at radius 2 is 2.00 bits per heavy atom. The predicted molar refractivity (Wildman–Crippen MR) is 82.6 cm³/mol. The van der Waals surface area contributed by atoms with E-state index in [2.05, 4.69) is 37.4 Å². The van der Waals surface area contributed by atoms with Crippen molar-refractivity contribution >= 4 is 5.91 Å². The number of amides is 1. The van der Waals surface area contributed by atoms with E-state index < -0.39 is 0 Å². The Labute approximate surface area is 121 Å². The van der Waals surface area contributed by atoms with Gasteiger partial charge in [0, 0.05) is 12.1 Å². The minimum absolute atomic E-state index is 0.0982. The van der Waals surface area contributed by atoms with Crippen LogP contribution >= 0.6 is 0 Å². The third-order valence-corrected chi connectivity index (χ3v) is 4.27. The van der Waals surface area contributed by atoms with Gasteiger partial charge in [0.2, 0.25) is 5.91 Å². The molecule has 0 spiro atoms. The normalized spacial score (nSPS) is 23.1. The molecule has 0 saturated heterocycles. The number of hydrogen-bond acceptors (Lipinski definition) is 2. The maximum atomic E-state index is 12.2. The number of nitrogens with two attached hydrogens (primary N) is 1. The van der Waals surface area contributed by atoms with Gasteiger partial charge in [0.05, 0.1) is 6.42 Å². The van der Waals surface area contributed by atoms with Crippen molar-refractivity contribution in [2.45, 2.75) is 64.5 Å². The number of carbonyl (C=O) groups is 1. The lowest BCUT2D eigenvalue weighted by Crippen LogP contribution is -2.47. The molecule has 1 saturated carbocycles. The van der Waals surface area contributed by atoms with Crippen LogP contribution in [0.15, 0.2) is 18.2 Å². The Balaban J connectivity index is 1.96. The first-order valence-corrected chi connectivity index (χ1v) is 7.67. The summed E-state index contributed by atoms with van der Waals surface area (Å²) in [4.78, 5) is 12.2. The van der Waals surface area contributed by atoms with Crippen LogP contribution in [0.2, 0.25) is 0 Å². The highest BCUT2D eigenvalue weighted by molar-refractivity contribution is 5.79. The summed E-state index contributed by atoms with van der Waals surface area (Å²) in [5.74, 6) is 0.0982. The van der Waals surface area contributed by atoms with Gasteiger partial charge in [-0.25, -0.2) is 0 Å².